The van der Waals surface area contributed by atoms with Gasteiger partial charge in [0.1, 0.15) is 5.58 Å². The van der Waals surface area contributed by atoms with Gasteiger partial charge in [0, 0.05) is 37.9 Å². The summed E-state index contributed by atoms with van der Waals surface area (Å²) < 4.78 is 5.90. The molecule has 3 nitrogen and oxygen atoms in total. The van der Waals surface area contributed by atoms with Gasteiger partial charge >= 0.3 is 0 Å². The summed E-state index contributed by atoms with van der Waals surface area (Å²) in [4.78, 5) is 9.14. The number of hydrogen-bond acceptors (Lipinski definition) is 3. The molecule has 0 amide bonds. The van der Waals surface area contributed by atoms with Crippen LogP contribution in [0.2, 0.25) is 0 Å². The number of aromatic nitrogens is 2. The Morgan fingerprint density at radius 1 is 0.702 bits per heavy atom. The van der Waals surface area contributed by atoms with E-state index in [4.69, 9.17) is 4.42 Å². The molecule has 0 atom stereocenters. The third-order valence-electron chi connectivity index (χ3n) is 9.11. The van der Waals surface area contributed by atoms with Gasteiger partial charge in [-0.25, -0.2) is 0 Å². The fourth-order valence-corrected chi connectivity index (χ4v) is 6.49. The maximum atomic E-state index is 5.90. The van der Waals surface area contributed by atoms with Crippen LogP contribution in [0.5, 0.6) is 0 Å². The van der Waals surface area contributed by atoms with Crippen LogP contribution in [-0.4, -0.2) is 9.97 Å². The number of hydrogen-bond donors (Lipinski definition) is 0. The fraction of sp³-hybridized carbons (Fsp3) is 0.209. The summed E-state index contributed by atoms with van der Waals surface area (Å²) in [5, 5.41) is 2.28. The van der Waals surface area contributed by atoms with Crippen LogP contribution in [0.1, 0.15) is 53.5 Å². The zero-order valence-electron chi connectivity index (χ0n) is 26.9. The topological polar surface area (TPSA) is 38.9 Å². The van der Waals surface area contributed by atoms with Crippen LogP contribution in [0.4, 0.5) is 0 Å². The van der Waals surface area contributed by atoms with Crippen LogP contribution in [0, 0.1) is 31.9 Å². The Bertz CT molecular complexity index is 2080. The van der Waals surface area contributed by atoms with E-state index >= 15 is 0 Å². The minimum Gasteiger partial charge on any atom is -0.500 e. The van der Waals surface area contributed by atoms with Crippen molar-refractivity contribution in [3.63, 3.8) is 0 Å². The molecule has 3 heterocycles. The second-order valence-corrected chi connectivity index (χ2v) is 12.6. The minimum absolute atomic E-state index is 0. The summed E-state index contributed by atoms with van der Waals surface area (Å²) >= 11 is 0. The molecule has 0 spiro atoms. The number of aryl methyl sites for hydroxylation is 2. The first-order valence-electron chi connectivity index (χ1n) is 16.4. The Labute approximate surface area is 291 Å². The molecule has 4 aromatic carbocycles. The first-order chi connectivity index (χ1) is 22.6. The van der Waals surface area contributed by atoms with Crippen molar-refractivity contribution in [2.24, 2.45) is 5.92 Å². The molecular formula is C43H38IrN2O-2. The van der Waals surface area contributed by atoms with Gasteiger partial charge in [-0.3, -0.25) is 0 Å². The first-order valence-corrected chi connectivity index (χ1v) is 16.4. The average Bonchev–Trinajstić information content (AvgIpc) is 3.74. The van der Waals surface area contributed by atoms with E-state index in [1.807, 2.05) is 42.7 Å². The van der Waals surface area contributed by atoms with E-state index in [0.29, 0.717) is 0 Å². The van der Waals surface area contributed by atoms with Gasteiger partial charge in [0.15, 0.2) is 0 Å². The maximum Gasteiger partial charge on any atom is 0.120 e. The molecule has 1 saturated carbocycles. The van der Waals surface area contributed by atoms with Crippen molar-refractivity contribution in [2.75, 3.05) is 0 Å². The minimum atomic E-state index is 0. The summed E-state index contributed by atoms with van der Waals surface area (Å²) in [6.45, 7) is 4.19. The third-order valence-corrected chi connectivity index (χ3v) is 9.11. The summed E-state index contributed by atoms with van der Waals surface area (Å²) in [5.41, 5.74) is 12.4. The monoisotopic (exact) mass is 791 g/mol. The maximum absolute atomic E-state index is 5.90. The molecule has 47 heavy (non-hydrogen) atoms. The van der Waals surface area contributed by atoms with Gasteiger partial charge in [-0.1, -0.05) is 104 Å². The van der Waals surface area contributed by atoms with Crippen LogP contribution in [0.25, 0.3) is 44.5 Å². The molecular weight excluding hydrogens is 753 g/mol. The Kier molecular flexibility index (Phi) is 10.4. The van der Waals surface area contributed by atoms with E-state index in [0.717, 1.165) is 56.8 Å². The van der Waals surface area contributed by atoms with E-state index in [-0.39, 0.29) is 20.1 Å². The number of benzene rings is 4. The number of rotatable bonds is 6. The second kappa shape index (κ2) is 15.0. The van der Waals surface area contributed by atoms with Crippen molar-refractivity contribution >= 4 is 21.9 Å². The van der Waals surface area contributed by atoms with Crippen LogP contribution < -0.4 is 0 Å². The van der Waals surface area contributed by atoms with Crippen LogP contribution in [0.3, 0.4) is 0 Å². The molecule has 8 rings (SSSR count). The van der Waals surface area contributed by atoms with Gasteiger partial charge in [0.2, 0.25) is 0 Å². The smallest absolute Gasteiger partial charge is 0.120 e. The van der Waals surface area contributed by atoms with Gasteiger partial charge < -0.3 is 14.4 Å². The molecule has 1 fully saturated rings. The number of furan rings is 1. The van der Waals surface area contributed by atoms with Gasteiger partial charge in [0.25, 0.3) is 0 Å². The van der Waals surface area contributed by atoms with Crippen molar-refractivity contribution in [3.8, 4) is 22.5 Å². The third kappa shape index (κ3) is 7.79. The van der Waals surface area contributed by atoms with E-state index in [9.17, 15) is 0 Å². The van der Waals surface area contributed by atoms with E-state index in [2.05, 4.69) is 109 Å². The molecule has 1 aliphatic rings. The van der Waals surface area contributed by atoms with Crippen LogP contribution >= 0.6 is 0 Å². The first kappa shape index (κ1) is 32.6. The Morgan fingerprint density at radius 3 is 2.28 bits per heavy atom. The van der Waals surface area contributed by atoms with Crippen molar-refractivity contribution in [3.05, 3.63) is 155 Å². The molecule has 1 aliphatic carbocycles. The molecule has 0 unspecified atom stereocenters. The SMILES string of the molecule is Cc1c[c-]c(-c2cc(Cc3ccccc3)c(C)cn2)cc1.[Ir].[c-]1cc2oc3ccccc3c2cc1-c1cc(CC2CCCC2)ccn1. The van der Waals surface area contributed by atoms with Crippen molar-refractivity contribution < 1.29 is 24.5 Å². The molecule has 0 N–H and O–H groups in total. The molecule has 0 aliphatic heterocycles. The molecule has 237 valence electrons. The number of fused-ring (bicyclic) bond motifs is 3. The molecule has 7 aromatic rings. The normalized spacial score (nSPS) is 12.9. The standard InChI is InChI=1S/C23H20NO.C20H18N.Ir/c1-2-6-16(5-1)13-17-11-12-24-21(14-17)18-9-10-23-20(15-18)19-7-3-4-8-22(19)25-23;1-15-8-10-18(11-9-15)20-13-19(16(2)14-21-20)12-17-6-4-3-5-7-17;/h3-4,7-8,10-12,14-16H,1-2,5-6,13H2;3-10,13-14H,12H2,1-2H3;/q2*-1;. The molecule has 4 heteroatoms. The zero-order chi connectivity index (χ0) is 31.3. The predicted molar refractivity (Wildman–Crippen MR) is 189 cm³/mol. The van der Waals surface area contributed by atoms with Gasteiger partial charge in [-0.05, 0) is 65.9 Å². The quantitative estimate of drug-likeness (QED) is 0.158. The predicted octanol–water partition coefficient (Wildman–Crippen LogP) is 10.9. The molecule has 3 aromatic heterocycles. The summed E-state index contributed by atoms with van der Waals surface area (Å²) in [6.07, 6.45) is 11.5. The van der Waals surface area contributed by atoms with Crippen molar-refractivity contribution in [2.45, 2.75) is 52.4 Å². The van der Waals surface area contributed by atoms with E-state index in [1.54, 1.807) is 0 Å². The molecule has 0 bridgehead atoms. The van der Waals surface area contributed by atoms with Gasteiger partial charge in [-0.15, -0.1) is 59.2 Å². The number of pyridine rings is 2. The Hall–Kier alpha value is -4.37. The summed E-state index contributed by atoms with van der Waals surface area (Å²) in [7, 11) is 0. The summed E-state index contributed by atoms with van der Waals surface area (Å²) in [5.74, 6) is 0.847. The van der Waals surface area contributed by atoms with Crippen molar-refractivity contribution in [1.29, 1.82) is 0 Å². The van der Waals surface area contributed by atoms with E-state index in [1.165, 1.54) is 59.9 Å². The molecule has 0 saturated heterocycles. The second-order valence-electron chi connectivity index (χ2n) is 12.6. The average molecular weight is 791 g/mol. The van der Waals surface area contributed by atoms with E-state index < -0.39 is 0 Å². The largest absolute Gasteiger partial charge is 0.500 e. The van der Waals surface area contributed by atoms with Crippen LogP contribution in [0.15, 0.2) is 120 Å². The fourth-order valence-electron chi connectivity index (χ4n) is 6.49. The Balaban J connectivity index is 0.000000164. The molecule has 1 radical (unpaired) electrons. The van der Waals surface area contributed by atoms with Crippen molar-refractivity contribution in [1.82, 2.24) is 9.97 Å². The van der Waals surface area contributed by atoms with Gasteiger partial charge in [-0.2, -0.15) is 0 Å². The van der Waals surface area contributed by atoms with Gasteiger partial charge in [0.05, 0.1) is 5.58 Å². The number of nitrogens with zero attached hydrogens (tertiary/aromatic N) is 2. The number of para-hydroxylation sites is 1. The Morgan fingerprint density at radius 2 is 1.47 bits per heavy atom. The van der Waals surface area contributed by atoms with Crippen LogP contribution in [-0.2, 0) is 32.9 Å². The summed E-state index contributed by atoms with van der Waals surface area (Å²) in [6, 6.07) is 42.2. The zero-order valence-corrected chi connectivity index (χ0v) is 29.3.